The van der Waals surface area contributed by atoms with Gasteiger partial charge in [0.15, 0.2) is 0 Å². The summed E-state index contributed by atoms with van der Waals surface area (Å²) in [6.07, 6.45) is 19.1. The number of rotatable bonds is 5. The lowest BCUT2D eigenvalue weighted by Crippen LogP contribution is -2.65. The Morgan fingerprint density at radius 1 is 1.00 bits per heavy atom. The molecular formula is C22H39N. The van der Waals surface area contributed by atoms with Gasteiger partial charge in [-0.2, -0.15) is 0 Å². The van der Waals surface area contributed by atoms with E-state index in [-0.39, 0.29) is 5.54 Å². The van der Waals surface area contributed by atoms with Crippen LogP contribution in [0.15, 0.2) is 0 Å². The first kappa shape index (κ1) is 16.4. The predicted octanol–water partition coefficient (Wildman–Crippen LogP) is 5.92. The van der Waals surface area contributed by atoms with Crippen molar-refractivity contribution in [3.63, 3.8) is 0 Å². The molecule has 23 heavy (non-hydrogen) atoms. The summed E-state index contributed by atoms with van der Waals surface area (Å²) in [6.45, 7) is 4.77. The molecular weight excluding hydrogens is 278 g/mol. The van der Waals surface area contributed by atoms with E-state index in [9.17, 15) is 0 Å². The standard InChI is InChI=1S/C22H39N/c1-3-4-10-21(2,23)20-18-12-16-11-17(13-18)15-22(20,14-16)19-8-6-5-7-9-19/h16-20H,3-15,23H2,1-2H3/t16?,17?,18?,20?,21-,22?/m0/s1. The van der Waals surface area contributed by atoms with Gasteiger partial charge in [0, 0.05) is 5.54 Å². The molecule has 3 unspecified atom stereocenters. The van der Waals surface area contributed by atoms with Gasteiger partial charge < -0.3 is 5.73 Å². The first-order valence-electron chi connectivity index (χ1n) is 10.8. The minimum atomic E-state index is 0.0887. The summed E-state index contributed by atoms with van der Waals surface area (Å²) in [5.74, 6) is 4.94. The molecule has 5 saturated carbocycles. The van der Waals surface area contributed by atoms with Crippen molar-refractivity contribution >= 4 is 0 Å². The highest BCUT2D eigenvalue weighted by Gasteiger charge is 2.62. The Balaban J connectivity index is 1.66. The molecule has 1 heteroatoms. The molecule has 4 atom stereocenters. The highest BCUT2D eigenvalue weighted by Crippen LogP contribution is 2.69. The molecule has 0 aromatic carbocycles. The Morgan fingerprint density at radius 2 is 1.65 bits per heavy atom. The maximum absolute atomic E-state index is 7.12. The van der Waals surface area contributed by atoms with E-state index in [0.717, 1.165) is 29.6 Å². The summed E-state index contributed by atoms with van der Waals surface area (Å²) in [4.78, 5) is 0. The highest BCUT2D eigenvalue weighted by molar-refractivity contribution is 5.13. The van der Waals surface area contributed by atoms with Gasteiger partial charge >= 0.3 is 0 Å². The molecule has 5 aliphatic carbocycles. The van der Waals surface area contributed by atoms with Crippen LogP contribution in [0.1, 0.15) is 97.3 Å². The van der Waals surface area contributed by atoms with Crippen molar-refractivity contribution in [2.75, 3.05) is 0 Å². The van der Waals surface area contributed by atoms with E-state index in [2.05, 4.69) is 13.8 Å². The molecule has 132 valence electrons. The maximum Gasteiger partial charge on any atom is 0.0162 e. The predicted molar refractivity (Wildman–Crippen MR) is 98.2 cm³/mol. The van der Waals surface area contributed by atoms with Crippen molar-refractivity contribution in [2.24, 2.45) is 40.7 Å². The van der Waals surface area contributed by atoms with Crippen molar-refractivity contribution in [3.8, 4) is 0 Å². The third-order valence-corrected chi connectivity index (χ3v) is 8.56. The number of hydrogen-bond donors (Lipinski definition) is 1. The Labute approximate surface area is 144 Å². The van der Waals surface area contributed by atoms with Crippen molar-refractivity contribution in [1.29, 1.82) is 0 Å². The van der Waals surface area contributed by atoms with Crippen LogP contribution in [0.3, 0.4) is 0 Å². The first-order chi connectivity index (χ1) is 11.0. The van der Waals surface area contributed by atoms with Crippen LogP contribution in [0.5, 0.6) is 0 Å². The molecule has 0 spiro atoms. The van der Waals surface area contributed by atoms with Crippen LogP contribution < -0.4 is 5.73 Å². The largest absolute Gasteiger partial charge is 0.325 e. The average molecular weight is 318 g/mol. The molecule has 0 aromatic heterocycles. The van der Waals surface area contributed by atoms with Gasteiger partial charge in [0.05, 0.1) is 0 Å². The lowest BCUT2D eigenvalue weighted by molar-refractivity contribution is -0.170. The molecule has 0 heterocycles. The van der Waals surface area contributed by atoms with Crippen LogP contribution in [-0.4, -0.2) is 5.54 Å². The van der Waals surface area contributed by atoms with Crippen LogP contribution in [-0.2, 0) is 0 Å². The van der Waals surface area contributed by atoms with Gasteiger partial charge in [-0.15, -0.1) is 0 Å². The van der Waals surface area contributed by atoms with Crippen molar-refractivity contribution in [3.05, 3.63) is 0 Å². The summed E-state index contributed by atoms with van der Waals surface area (Å²) in [6, 6.07) is 0. The third-order valence-electron chi connectivity index (χ3n) is 8.56. The van der Waals surface area contributed by atoms with Crippen LogP contribution in [0.2, 0.25) is 0 Å². The molecule has 4 bridgehead atoms. The van der Waals surface area contributed by atoms with E-state index in [4.69, 9.17) is 5.73 Å². The fourth-order valence-electron chi connectivity index (χ4n) is 8.28. The van der Waals surface area contributed by atoms with E-state index in [1.54, 1.807) is 19.3 Å². The molecule has 1 nitrogen and oxygen atoms in total. The van der Waals surface area contributed by atoms with Crippen LogP contribution in [0.25, 0.3) is 0 Å². The highest BCUT2D eigenvalue weighted by atomic mass is 14.8. The molecule has 0 saturated heterocycles. The minimum absolute atomic E-state index is 0.0887. The Morgan fingerprint density at radius 3 is 2.26 bits per heavy atom. The Hall–Kier alpha value is -0.0400. The van der Waals surface area contributed by atoms with E-state index in [1.165, 1.54) is 64.2 Å². The zero-order chi connectivity index (χ0) is 16.1. The van der Waals surface area contributed by atoms with Crippen LogP contribution in [0.4, 0.5) is 0 Å². The van der Waals surface area contributed by atoms with Gasteiger partial charge in [0.1, 0.15) is 0 Å². The smallest absolute Gasteiger partial charge is 0.0162 e. The summed E-state index contributed by atoms with van der Waals surface area (Å²) >= 11 is 0. The van der Waals surface area contributed by atoms with Crippen molar-refractivity contribution < 1.29 is 0 Å². The molecule has 5 rings (SSSR count). The zero-order valence-corrected chi connectivity index (χ0v) is 15.7. The normalized spacial score (nSPS) is 46.0. The maximum atomic E-state index is 7.12. The number of nitrogens with two attached hydrogens (primary N) is 1. The molecule has 0 amide bonds. The van der Waals surface area contributed by atoms with Gasteiger partial charge in [0.25, 0.3) is 0 Å². The average Bonchev–Trinajstić information content (AvgIpc) is 2.52. The van der Waals surface area contributed by atoms with E-state index in [0.29, 0.717) is 5.41 Å². The lowest BCUT2D eigenvalue weighted by atomic mass is 9.38. The SMILES string of the molecule is CCCC[C@](C)(N)C1C2CC3CC(C2)CC1(C1CCCCC1)C3. The van der Waals surface area contributed by atoms with Gasteiger partial charge in [0.2, 0.25) is 0 Å². The van der Waals surface area contributed by atoms with Crippen LogP contribution >= 0.6 is 0 Å². The van der Waals surface area contributed by atoms with Gasteiger partial charge in [-0.25, -0.2) is 0 Å². The van der Waals surface area contributed by atoms with Gasteiger partial charge in [-0.1, -0.05) is 39.0 Å². The van der Waals surface area contributed by atoms with Crippen molar-refractivity contribution in [1.82, 2.24) is 0 Å². The second-order valence-electron chi connectivity index (χ2n) is 10.3. The molecule has 0 radical (unpaired) electrons. The monoisotopic (exact) mass is 317 g/mol. The van der Waals surface area contributed by atoms with Crippen molar-refractivity contribution in [2.45, 2.75) is 103 Å². The number of hydrogen-bond acceptors (Lipinski definition) is 1. The Bertz CT molecular complexity index is 406. The quantitative estimate of drug-likeness (QED) is 0.669. The second kappa shape index (κ2) is 6.04. The zero-order valence-electron chi connectivity index (χ0n) is 15.7. The van der Waals surface area contributed by atoms with E-state index < -0.39 is 0 Å². The van der Waals surface area contributed by atoms with Gasteiger partial charge in [-0.05, 0) is 93.3 Å². The minimum Gasteiger partial charge on any atom is -0.325 e. The molecule has 0 aromatic rings. The Kier molecular flexibility index (Phi) is 4.32. The molecule has 0 aliphatic heterocycles. The lowest BCUT2D eigenvalue weighted by Gasteiger charge is -2.67. The fraction of sp³-hybridized carbons (Fsp3) is 1.00. The molecule has 5 aliphatic rings. The number of unbranched alkanes of at least 4 members (excludes halogenated alkanes) is 1. The fourth-order valence-corrected chi connectivity index (χ4v) is 8.28. The van der Waals surface area contributed by atoms with Gasteiger partial charge in [-0.3, -0.25) is 0 Å². The second-order valence-corrected chi connectivity index (χ2v) is 10.3. The topological polar surface area (TPSA) is 26.0 Å². The third kappa shape index (κ3) is 2.70. The summed E-state index contributed by atoms with van der Waals surface area (Å²) in [5.41, 5.74) is 7.85. The van der Waals surface area contributed by atoms with Crippen LogP contribution in [0, 0.1) is 35.0 Å². The first-order valence-corrected chi connectivity index (χ1v) is 10.8. The summed E-state index contributed by atoms with van der Waals surface area (Å²) < 4.78 is 0. The molecule has 5 fully saturated rings. The van der Waals surface area contributed by atoms with E-state index in [1.807, 2.05) is 0 Å². The summed E-state index contributed by atoms with van der Waals surface area (Å²) in [7, 11) is 0. The molecule has 2 N–H and O–H groups in total. The van der Waals surface area contributed by atoms with E-state index >= 15 is 0 Å². The summed E-state index contributed by atoms with van der Waals surface area (Å²) in [5, 5.41) is 0.